The van der Waals surface area contributed by atoms with Gasteiger partial charge in [0.1, 0.15) is 0 Å². The van der Waals surface area contributed by atoms with Crippen LogP contribution in [0, 0.1) is 0 Å². The molecule has 0 radical (unpaired) electrons. The summed E-state index contributed by atoms with van der Waals surface area (Å²) in [4.78, 5) is 12.1. The highest BCUT2D eigenvalue weighted by atomic mass is 35.5. The van der Waals surface area contributed by atoms with Crippen LogP contribution in [0.25, 0.3) is 0 Å². The lowest BCUT2D eigenvalue weighted by Crippen LogP contribution is -2.31. The molecule has 3 nitrogen and oxygen atoms in total. The van der Waals surface area contributed by atoms with Gasteiger partial charge in [-0.3, -0.25) is 4.79 Å². The zero-order valence-corrected chi connectivity index (χ0v) is 14.8. The van der Waals surface area contributed by atoms with E-state index in [1.807, 2.05) is 24.3 Å². The van der Waals surface area contributed by atoms with Crippen molar-refractivity contribution >= 4 is 46.4 Å². The number of amides is 1. The molecule has 2 aromatic rings. The molecule has 1 atom stereocenters. The number of benzene rings is 2. The monoisotopic (exact) mass is 370 g/mol. The van der Waals surface area contributed by atoms with Crippen molar-refractivity contribution < 1.29 is 4.79 Å². The van der Waals surface area contributed by atoms with Crippen LogP contribution in [-0.4, -0.2) is 12.5 Å². The van der Waals surface area contributed by atoms with Crippen LogP contribution in [0.3, 0.4) is 0 Å². The lowest BCUT2D eigenvalue weighted by molar-refractivity contribution is -0.115. The Morgan fingerprint density at radius 2 is 1.70 bits per heavy atom. The fraction of sp³-hybridized carbons (Fsp3) is 0.235. The summed E-state index contributed by atoms with van der Waals surface area (Å²) in [5.74, 6) is -0.165. The molecule has 1 amide bonds. The smallest absolute Gasteiger partial charge is 0.238 e. The minimum Gasteiger partial charge on any atom is -0.324 e. The van der Waals surface area contributed by atoms with E-state index in [4.69, 9.17) is 34.8 Å². The quantitative estimate of drug-likeness (QED) is 0.721. The number of hydrogen-bond acceptors (Lipinski definition) is 2. The van der Waals surface area contributed by atoms with Gasteiger partial charge in [-0.25, -0.2) is 0 Å². The predicted molar refractivity (Wildman–Crippen MR) is 97.6 cm³/mol. The van der Waals surface area contributed by atoms with Gasteiger partial charge in [0.05, 0.1) is 17.3 Å². The molecule has 0 spiro atoms. The number of anilines is 1. The summed E-state index contributed by atoms with van der Waals surface area (Å²) in [6.07, 6.45) is 0.858. The SMILES string of the molecule is CCC(NCC(=O)Nc1ccc(Cl)cc1Cl)c1ccc(Cl)cc1. The molecule has 0 bridgehead atoms. The topological polar surface area (TPSA) is 41.1 Å². The summed E-state index contributed by atoms with van der Waals surface area (Å²) in [5, 5.41) is 7.63. The van der Waals surface area contributed by atoms with Gasteiger partial charge in [0.15, 0.2) is 0 Å². The summed E-state index contributed by atoms with van der Waals surface area (Å²) >= 11 is 17.8. The van der Waals surface area contributed by atoms with E-state index in [1.54, 1.807) is 18.2 Å². The molecule has 0 heterocycles. The van der Waals surface area contributed by atoms with E-state index in [2.05, 4.69) is 17.6 Å². The van der Waals surface area contributed by atoms with Crippen LogP contribution in [0.15, 0.2) is 42.5 Å². The third kappa shape index (κ3) is 5.40. The zero-order chi connectivity index (χ0) is 16.8. The second kappa shape index (κ2) is 8.55. The van der Waals surface area contributed by atoms with Crippen LogP contribution < -0.4 is 10.6 Å². The molecule has 0 aliphatic rings. The van der Waals surface area contributed by atoms with E-state index in [0.29, 0.717) is 20.8 Å². The Balaban J connectivity index is 1.93. The van der Waals surface area contributed by atoms with Crippen molar-refractivity contribution in [3.05, 3.63) is 63.1 Å². The molecule has 0 aliphatic carbocycles. The Morgan fingerprint density at radius 1 is 1.04 bits per heavy atom. The van der Waals surface area contributed by atoms with E-state index in [0.717, 1.165) is 12.0 Å². The molecule has 0 aromatic heterocycles. The highest BCUT2D eigenvalue weighted by Gasteiger charge is 2.12. The van der Waals surface area contributed by atoms with Gasteiger partial charge in [0.2, 0.25) is 5.91 Å². The molecular formula is C17H17Cl3N2O. The number of carbonyl (C=O) groups excluding carboxylic acids is 1. The van der Waals surface area contributed by atoms with Crippen molar-refractivity contribution in [3.63, 3.8) is 0 Å². The fourth-order valence-corrected chi connectivity index (χ4v) is 2.78. The lowest BCUT2D eigenvalue weighted by Gasteiger charge is -2.17. The summed E-state index contributed by atoms with van der Waals surface area (Å²) < 4.78 is 0. The maximum absolute atomic E-state index is 12.1. The Labute approximate surface area is 150 Å². The average molecular weight is 372 g/mol. The van der Waals surface area contributed by atoms with E-state index in [-0.39, 0.29) is 18.5 Å². The molecular weight excluding hydrogens is 355 g/mol. The maximum Gasteiger partial charge on any atom is 0.238 e. The minimum absolute atomic E-state index is 0.0821. The number of rotatable bonds is 6. The van der Waals surface area contributed by atoms with E-state index >= 15 is 0 Å². The second-order valence-corrected chi connectivity index (χ2v) is 6.35. The van der Waals surface area contributed by atoms with Crippen molar-refractivity contribution in [2.75, 3.05) is 11.9 Å². The summed E-state index contributed by atoms with van der Waals surface area (Å²) in [6, 6.07) is 12.6. The van der Waals surface area contributed by atoms with Gasteiger partial charge in [0, 0.05) is 16.1 Å². The zero-order valence-electron chi connectivity index (χ0n) is 12.6. The van der Waals surface area contributed by atoms with Crippen molar-refractivity contribution in [2.45, 2.75) is 19.4 Å². The van der Waals surface area contributed by atoms with Crippen LogP contribution in [0.2, 0.25) is 15.1 Å². The lowest BCUT2D eigenvalue weighted by atomic mass is 10.0. The molecule has 0 saturated carbocycles. The molecule has 1 unspecified atom stereocenters. The minimum atomic E-state index is -0.165. The molecule has 23 heavy (non-hydrogen) atoms. The van der Waals surface area contributed by atoms with Crippen molar-refractivity contribution in [3.8, 4) is 0 Å². The van der Waals surface area contributed by atoms with Gasteiger partial charge in [0.25, 0.3) is 0 Å². The van der Waals surface area contributed by atoms with Crippen molar-refractivity contribution in [1.82, 2.24) is 5.32 Å². The van der Waals surface area contributed by atoms with Gasteiger partial charge in [-0.15, -0.1) is 0 Å². The van der Waals surface area contributed by atoms with Gasteiger partial charge >= 0.3 is 0 Å². The number of halogens is 3. The predicted octanol–water partition coefficient (Wildman–Crippen LogP) is 5.33. The summed E-state index contributed by atoms with van der Waals surface area (Å²) in [5.41, 5.74) is 1.64. The summed E-state index contributed by atoms with van der Waals surface area (Å²) in [6.45, 7) is 2.24. The molecule has 2 aromatic carbocycles. The van der Waals surface area contributed by atoms with Crippen molar-refractivity contribution in [2.24, 2.45) is 0 Å². The third-order valence-electron chi connectivity index (χ3n) is 3.39. The number of nitrogens with one attached hydrogen (secondary N) is 2. The Hall–Kier alpha value is -1.26. The van der Waals surface area contributed by atoms with Crippen LogP contribution in [0.1, 0.15) is 24.9 Å². The van der Waals surface area contributed by atoms with Gasteiger partial charge in [-0.05, 0) is 42.3 Å². The molecule has 6 heteroatoms. The van der Waals surface area contributed by atoms with Crippen LogP contribution >= 0.6 is 34.8 Å². The largest absolute Gasteiger partial charge is 0.324 e. The highest BCUT2D eigenvalue weighted by Crippen LogP contribution is 2.25. The van der Waals surface area contributed by atoms with Crippen molar-refractivity contribution in [1.29, 1.82) is 0 Å². The number of carbonyl (C=O) groups is 1. The molecule has 122 valence electrons. The molecule has 0 aliphatic heterocycles. The summed E-state index contributed by atoms with van der Waals surface area (Å²) in [7, 11) is 0. The standard InChI is InChI=1S/C17H17Cl3N2O/c1-2-15(11-3-5-12(18)6-4-11)21-10-17(23)22-16-8-7-13(19)9-14(16)20/h3-9,15,21H,2,10H2,1H3,(H,22,23). The Kier molecular flexibility index (Phi) is 6.72. The molecule has 0 saturated heterocycles. The first kappa shape index (κ1) is 18.1. The number of hydrogen-bond donors (Lipinski definition) is 2. The normalized spacial score (nSPS) is 12.0. The molecule has 2 rings (SSSR count). The van der Waals surface area contributed by atoms with Gasteiger partial charge < -0.3 is 10.6 Å². The fourth-order valence-electron chi connectivity index (χ4n) is 2.19. The second-order valence-electron chi connectivity index (χ2n) is 5.07. The average Bonchev–Trinajstić information content (AvgIpc) is 2.52. The first-order chi connectivity index (χ1) is 11.0. The van der Waals surface area contributed by atoms with Crippen LogP contribution in [-0.2, 0) is 4.79 Å². The van der Waals surface area contributed by atoms with E-state index in [9.17, 15) is 4.79 Å². The van der Waals surface area contributed by atoms with Crippen LogP contribution in [0.4, 0.5) is 5.69 Å². The maximum atomic E-state index is 12.1. The van der Waals surface area contributed by atoms with E-state index < -0.39 is 0 Å². The van der Waals surface area contributed by atoms with E-state index in [1.165, 1.54) is 0 Å². The Bertz CT molecular complexity index is 674. The molecule has 2 N–H and O–H groups in total. The third-order valence-corrected chi connectivity index (χ3v) is 4.19. The highest BCUT2D eigenvalue weighted by molar-refractivity contribution is 6.36. The van der Waals surface area contributed by atoms with Gasteiger partial charge in [-0.1, -0.05) is 53.9 Å². The first-order valence-electron chi connectivity index (χ1n) is 7.23. The first-order valence-corrected chi connectivity index (χ1v) is 8.36. The van der Waals surface area contributed by atoms with Crippen LogP contribution in [0.5, 0.6) is 0 Å². The van der Waals surface area contributed by atoms with Gasteiger partial charge in [-0.2, -0.15) is 0 Å². The Morgan fingerprint density at radius 3 is 2.30 bits per heavy atom. The molecule has 0 fully saturated rings.